The normalized spacial score (nSPS) is 33.7. The molecular weight excluding hydrogens is 324 g/mol. The van der Waals surface area contributed by atoms with Gasteiger partial charge in [0, 0.05) is 27.7 Å². The van der Waals surface area contributed by atoms with Crippen LogP contribution in [0.1, 0.15) is 27.7 Å². The van der Waals surface area contributed by atoms with Gasteiger partial charge in [0.25, 0.3) is 0 Å². The number of hydrogen-bond acceptors (Lipinski definition) is 9. The number of carbonyl (C=O) groups is 4. The summed E-state index contributed by atoms with van der Waals surface area (Å²) in [6.07, 6.45) is -1.82. The average molecular weight is 344 g/mol. The smallest absolute Gasteiger partial charge is 0.305 e. The lowest BCUT2D eigenvalue weighted by Crippen LogP contribution is -2.60. The molecule has 0 N–H and O–H groups in total. The quantitative estimate of drug-likeness (QED) is 0.500. The van der Waals surface area contributed by atoms with Crippen LogP contribution in [-0.2, 0) is 42.9 Å². The van der Waals surface area contributed by atoms with Crippen molar-refractivity contribution in [1.82, 2.24) is 0 Å². The van der Waals surface area contributed by atoms with E-state index < -0.39 is 53.7 Å². The van der Waals surface area contributed by atoms with Crippen molar-refractivity contribution in [2.24, 2.45) is 11.8 Å². The molecule has 1 saturated carbocycles. The minimum atomic E-state index is -1.46. The Morgan fingerprint density at radius 2 is 1.50 bits per heavy atom. The summed E-state index contributed by atoms with van der Waals surface area (Å²) in [7, 11) is 0. The molecule has 0 aromatic carbocycles. The van der Waals surface area contributed by atoms with Crippen molar-refractivity contribution in [3.63, 3.8) is 0 Å². The lowest BCUT2D eigenvalue weighted by atomic mass is 9.90. The van der Waals surface area contributed by atoms with Crippen molar-refractivity contribution in [3.05, 3.63) is 0 Å². The highest BCUT2D eigenvalue weighted by Gasteiger charge is 2.72. The molecule has 9 heteroatoms. The first-order valence-corrected chi connectivity index (χ1v) is 7.48. The molecule has 1 heterocycles. The third-order valence-electron chi connectivity index (χ3n) is 4.01. The topological polar surface area (TPSA) is 114 Å². The SMILES string of the molecule is CC(=O)OCC1C(OC(C)=O)C(OC(C)=O)C2COC12OC(C)=O. The number of esters is 4. The standard InChI is InChI=1S/C15H20O9/c1-7(16)20-5-11-13(22-8(2)17)14(23-9(3)18)12-6-21-15(11,12)24-10(4)19/h11-14H,5-6H2,1-4H3. The zero-order chi connectivity index (χ0) is 18.1. The number of hydrogen-bond donors (Lipinski definition) is 0. The second-order valence-corrected chi connectivity index (χ2v) is 5.79. The molecule has 0 aromatic heterocycles. The van der Waals surface area contributed by atoms with Gasteiger partial charge >= 0.3 is 23.9 Å². The summed E-state index contributed by atoms with van der Waals surface area (Å²) in [5.74, 6) is -5.13. The number of rotatable bonds is 5. The van der Waals surface area contributed by atoms with E-state index >= 15 is 0 Å². The van der Waals surface area contributed by atoms with Crippen LogP contribution in [-0.4, -0.2) is 55.1 Å². The molecule has 2 aliphatic rings. The van der Waals surface area contributed by atoms with E-state index in [2.05, 4.69) is 0 Å². The molecule has 0 aromatic rings. The van der Waals surface area contributed by atoms with Gasteiger partial charge in [0.1, 0.15) is 12.5 Å². The molecule has 5 atom stereocenters. The number of fused-ring (bicyclic) bond motifs is 1. The van der Waals surface area contributed by atoms with Gasteiger partial charge in [-0.15, -0.1) is 0 Å². The predicted molar refractivity (Wildman–Crippen MR) is 75.2 cm³/mol. The van der Waals surface area contributed by atoms with Gasteiger partial charge in [-0.25, -0.2) is 0 Å². The van der Waals surface area contributed by atoms with Gasteiger partial charge in [-0.05, 0) is 0 Å². The maximum Gasteiger partial charge on any atom is 0.305 e. The summed E-state index contributed by atoms with van der Waals surface area (Å²) >= 11 is 0. The first-order valence-electron chi connectivity index (χ1n) is 7.48. The molecule has 1 aliphatic carbocycles. The molecule has 1 aliphatic heterocycles. The first kappa shape index (κ1) is 18.2. The van der Waals surface area contributed by atoms with Crippen molar-refractivity contribution in [2.45, 2.75) is 45.7 Å². The molecule has 24 heavy (non-hydrogen) atoms. The third-order valence-corrected chi connectivity index (χ3v) is 4.01. The van der Waals surface area contributed by atoms with Crippen LogP contribution < -0.4 is 0 Å². The number of carbonyl (C=O) groups excluding carboxylic acids is 4. The lowest BCUT2D eigenvalue weighted by molar-refractivity contribution is -0.346. The van der Waals surface area contributed by atoms with E-state index in [9.17, 15) is 19.2 Å². The van der Waals surface area contributed by atoms with Gasteiger partial charge in [-0.3, -0.25) is 19.2 Å². The zero-order valence-electron chi connectivity index (χ0n) is 13.9. The molecule has 1 saturated heterocycles. The fraction of sp³-hybridized carbons (Fsp3) is 0.733. The van der Waals surface area contributed by atoms with Crippen molar-refractivity contribution in [3.8, 4) is 0 Å². The van der Waals surface area contributed by atoms with Gasteiger partial charge in [-0.1, -0.05) is 0 Å². The Bertz CT molecular complexity index is 557. The van der Waals surface area contributed by atoms with Crippen LogP contribution in [0.25, 0.3) is 0 Å². The average Bonchev–Trinajstić information content (AvgIpc) is 2.54. The molecular formula is C15H20O9. The molecule has 2 rings (SSSR count). The summed E-state index contributed by atoms with van der Waals surface area (Å²) < 4.78 is 26.4. The van der Waals surface area contributed by atoms with E-state index in [1.54, 1.807) is 0 Å². The van der Waals surface area contributed by atoms with E-state index in [-0.39, 0.29) is 13.2 Å². The summed E-state index contributed by atoms with van der Waals surface area (Å²) in [6.45, 7) is 4.78. The predicted octanol–water partition coefficient (Wildman–Crippen LogP) is -0.0515. The summed E-state index contributed by atoms with van der Waals surface area (Å²) in [5, 5.41) is 0. The van der Waals surface area contributed by atoms with Gasteiger partial charge in [0.05, 0.1) is 12.5 Å². The maximum atomic E-state index is 11.5. The largest absolute Gasteiger partial charge is 0.465 e. The van der Waals surface area contributed by atoms with Crippen LogP contribution in [0.2, 0.25) is 0 Å². The second-order valence-electron chi connectivity index (χ2n) is 5.79. The highest BCUT2D eigenvalue weighted by Crippen LogP contribution is 2.53. The van der Waals surface area contributed by atoms with Crippen LogP contribution in [0.3, 0.4) is 0 Å². The minimum absolute atomic E-state index is 0.152. The molecule has 0 bridgehead atoms. The van der Waals surface area contributed by atoms with Gasteiger partial charge in [0.2, 0.25) is 5.79 Å². The zero-order valence-corrected chi connectivity index (χ0v) is 13.9. The third kappa shape index (κ3) is 3.35. The number of ether oxygens (including phenoxy) is 5. The fourth-order valence-electron chi connectivity index (χ4n) is 3.24. The molecule has 5 unspecified atom stereocenters. The Kier molecular flexibility index (Phi) is 5.12. The second kappa shape index (κ2) is 6.76. The molecule has 134 valence electrons. The summed E-state index contributed by atoms with van der Waals surface area (Å²) in [5.41, 5.74) is 0. The van der Waals surface area contributed by atoms with Crippen LogP contribution in [0.4, 0.5) is 0 Å². The monoisotopic (exact) mass is 344 g/mol. The van der Waals surface area contributed by atoms with E-state index in [0.717, 1.165) is 0 Å². The van der Waals surface area contributed by atoms with Gasteiger partial charge in [-0.2, -0.15) is 0 Å². The molecule has 2 fully saturated rings. The van der Waals surface area contributed by atoms with Gasteiger partial charge < -0.3 is 23.7 Å². The van der Waals surface area contributed by atoms with Gasteiger partial charge in [0.15, 0.2) is 12.2 Å². The summed E-state index contributed by atoms with van der Waals surface area (Å²) in [6, 6.07) is 0. The highest BCUT2D eigenvalue weighted by atomic mass is 16.7. The Balaban J connectivity index is 2.36. The van der Waals surface area contributed by atoms with Crippen molar-refractivity contribution >= 4 is 23.9 Å². The molecule has 0 spiro atoms. The van der Waals surface area contributed by atoms with Crippen LogP contribution in [0.15, 0.2) is 0 Å². The van der Waals surface area contributed by atoms with Crippen molar-refractivity contribution in [2.75, 3.05) is 13.2 Å². The Hall–Kier alpha value is -2.16. The van der Waals surface area contributed by atoms with Crippen LogP contribution >= 0.6 is 0 Å². The Morgan fingerprint density at radius 3 is 1.92 bits per heavy atom. The summed E-state index contributed by atoms with van der Waals surface area (Å²) in [4.78, 5) is 45.5. The molecule has 0 radical (unpaired) electrons. The van der Waals surface area contributed by atoms with Crippen LogP contribution in [0, 0.1) is 11.8 Å². The molecule has 9 nitrogen and oxygen atoms in total. The highest BCUT2D eigenvalue weighted by molar-refractivity contribution is 5.69. The van der Waals surface area contributed by atoms with Crippen molar-refractivity contribution < 1.29 is 42.9 Å². The Labute approximate surface area is 138 Å². The lowest BCUT2D eigenvalue weighted by Gasteiger charge is -2.46. The van der Waals surface area contributed by atoms with E-state index in [1.165, 1.54) is 27.7 Å². The van der Waals surface area contributed by atoms with E-state index in [4.69, 9.17) is 23.7 Å². The minimum Gasteiger partial charge on any atom is -0.465 e. The fourth-order valence-corrected chi connectivity index (χ4v) is 3.24. The van der Waals surface area contributed by atoms with Crippen LogP contribution in [0.5, 0.6) is 0 Å². The van der Waals surface area contributed by atoms with Crippen molar-refractivity contribution in [1.29, 1.82) is 0 Å². The molecule has 0 amide bonds. The van der Waals surface area contributed by atoms with E-state index in [0.29, 0.717) is 0 Å². The maximum absolute atomic E-state index is 11.5. The van der Waals surface area contributed by atoms with E-state index in [1.807, 2.05) is 0 Å². The Morgan fingerprint density at radius 1 is 0.917 bits per heavy atom. The first-order chi connectivity index (χ1) is 11.2.